The van der Waals surface area contributed by atoms with Gasteiger partial charge in [-0.3, -0.25) is 13.2 Å². The van der Waals surface area contributed by atoms with Gasteiger partial charge in [0.15, 0.2) is 0 Å². The third-order valence-corrected chi connectivity index (χ3v) is 8.24. The number of rotatable bonds is 7. The van der Waals surface area contributed by atoms with Crippen LogP contribution in [0.1, 0.15) is 99.4 Å². The average molecular weight is 1180 g/mol. The van der Waals surface area contributed by atoms with Crippen molar-refractivity contribution in [3.05, 3.63) is 81.5 Å². The SMILES string of the molecule is C.C.CC(C)(C)CO.CC(C)(C)COS(=O)(=O)C(F)(F)F.CC(C)(C)COS(=O)(=O)C(F)(F)F.CC(C)(C)COc1ccc2ccc(=O)oc2c1.ClCCl.O=CO[O-].O=c1ccc2ccc(O)cc2o1.[H-].[K+].[K+]. The standard InChI is InChI=1S/C14H16O3.C9H6O3.2C6H11F3O3S.C5H12O.CH2Cl2.CH2O3.2CH4.2K.H/c1-14(2,3)9-16-11-6-4-10-5-7-13(15)17-12(10)8-11;10-7-3-1-6-2-4-9(11)12-8(6)5-7;2*1-5(2,3)4-12-13(10,11)6(7,8)9;1-5(2,3)4-6;2-1-3;2-1-4-3;;;;;/h4-8H,9H2,1-3H3;1-5,10H;2*4H2,1-3H3;6H,4H2,1-3H3;1H2;1,3H;2*1H4;;;/q;;;;;;;;;2*+1;-1/p-1. The summed E-state index contributed by atoms with van der Waals surface area (Å²) in [6, 6.07) is 16.3. The molecule has 0 saturated heterocycles. The van der Waals surface area contributed by atoms with E-state index in [0.717, 1.165) is 16.5 Å². The van der Waals surface area contributed by atoms with Crippen molar-refractivity contribution in [1.82, 2.24) is 0 Å². The summed E-state index contributed by atoms with van der Waals surface area (Å²) in [4.78, 5) is 33.1. The van der Waals surface area contributed by atoms with Crippen molar-refractivity contribution >= 4 is 71.8 Å². The third-order valence-electron chi connectivity index (χ3n) is 6.25. The topological polar surface area (TPSA) is 246 Å². The second-order valence-corrected chi connectivity index (χ2v) is 22.3. The molecule has 2 heterocycles. The number of aromatic hydroxyl groups is 1. The summed E-state index contributed by atoms with van der Waals surface area (Å²) in [5.41, 5.74) is -11.5. The van der Waals surface area contributed by atoms with Gasteiger partial charge in [0.25, 0.3) is 6.47 Å². The van der Waals surface area contributed by atoms with Crippen LogP contribution in [0.5, 0.6) is 11.5 Å². The van der Waals surface area contributed by atoms with E-state index in [1.165, 1.54) is 18.2 Å². The van der Waals surface area contributed by atoms with E-state index in [1.807, 2.05) is 32.9 Å². The largest absolute Gasteiger partial charge is 1.00 e. The van der Waals surface area contributed by atoms with Gasteiger partial charge in [-0.05, 0) is 58.1 Å². The molecule has 410 valence electrons. The molecule has 0 aliphatic carbocycles. The van der Waals surface area contributed by atoms with Gasteiger partial charge in [-0.2, -0.15) is 43.2 Å². The molecular weight excluding hydrogens is 1110 g/mol. The summed E-state index contributed by atoms with van der Waals surface area (Å²) in [7, 11) is -10.9. The van der Waals surface area contributed by atoms with Crippen LogP contribution in [0, 0.1) is 21.7 Å². The molecule has 28 heteroatoms. The Balaban J connectivity index is -0.000000117. The van der Waals surface area contributed by atoms with Gasteiger partial charge in [-0.1, -0.05) is 97.9 Å². The van der Waals surface area contributed by atoms with Gasteiger partial charge >= 0.3 is 145 Å². The first-order valence-corrected chi connectivity index (χ1v) is 23.1. The van der Waals surface area contributed by atoms with Crippen LogP contribution >= 0.6 is 23.2 Å². The maximum atomic E-state index is 11.7. The van der Waals surface area contributed by atoms with Gasteiger partial charge in [0, 0.05) is 41.6 Å². The van der Waals surface area contributed by atoms with Crippen LogP contribution in [-0.2, 0) is 38.3 Å². The molecule has 0 aliphatic heterocycles. The van der Waals surface area contributed by atoms with Crippen LogP contribution in [0.2, 0.25) is 0 Å². The van der Waals surface area contributed by atoms with E-state index in [4.69, 9.17) is 57.0 Å². The van der Waals surface area contributed by atoms with Gasteiger partial charge in [0.2, 0.25) is 0 Å². The predicted octanol–water partition coefficient (Wildman–Crippen LogP) is 4.79. The summed E-state index contributed by atoms with van der Waals surface area (Å²) >= 11 is 9.53. The molecule has 4 rings (SSSR count). The number of fused-ring (bicyclic) bond motifs is 2. The minimum atomic E-state index is -5.43. The molecule has 2 aromatic carbocycles. The normalized spacial score (nSPS) is 11.3. The third kappa shape index (κ3) is 44.3. The van der Waals surface area contributed by atoms with E-state index in [2.05, 4.69) is 34.0 Å². The number of phenols is 1. The molecule has 0 saturated carbocycles. The number of aliphatic hydroxyl groups excluding tert-OH is 1. The zero-order valence-corrected chi connectivity index (χ0v) is 50.7. The zero-order chi connectivity index (χ0) is 54.2. The molecule has 0 aliphatic rings. The quantitative estimate of drug-likeness (QED) is 0.0291. The minimum Gasteiger partial charge on any atom is -1.00 e. The molecular formula is C44H68Cl2F6K2O16S2. The summed E-state index contributed by atoms with van der Waals surface area (Å²) in [5, 5.41) is 27.8. The molecule has 16 nitrogen and oxygen atoms in total. The van der Waals surface area contributed by atoms with Crippen molar-refractivity contribution in [2.45, 2.75) is 109 Å². The van der Waals surface area contributed by atoms with Crippen LogP contribution in [0.25, 0.3) is 21.9 Å². The minimum absolute atomic E-state index is 0. The Kier molecular flexibility index (Phi) is 45.6. The fraction of sp³-hybridized carbons (Fsp3) is 0.568. The van der Waals surface area contributed by atoms with Crippen molar-refractivity contribution in [2.24, 2.45) is 21.7 Å². The van der Waals surface area contributed by atoms with Crippen LogP contribution in [0.4, 0.5) is 26.3 Å². The molecule has 2 N–H and O–H groups in total. The Hall–Kier alpha value is -0.897. The number of hydrogen-bond donors (Lipinski definition) is 2. The molecule has 72 heavy (non-hydrogen) atoms. The van der Waals surface area contributed by atoms with Gasteiger partial charge in [0.05, 0.1) is 25.2 Å². The number of aliphatic hydroxyl groups is 1. The maximum Gasteiger partial charge on any atom is 1.00 e. The Morgan fingerprint density at radius 3 is 1.18 bits per heavy atom. The summed E-state index contributed by atoms with van der Waals surface area (Å²) in [5.74, 6) is 0.818. The summed E-state index contributed by atoms with van der Waals surface area (Å²) in [6.07, 6.45) is 0. The zero-order valence-electron chi connectivity index (χ0n) is 42.3. The average Bonchev–Trinajstić information content (AvgIpc) is 3.18. The number of carbonyl (C=O) groups excluding carboxylic acids is 1. The molecule has 0 atom stereocenters. The van der Waals surface area contributed by atoms with E-state index in [9.17, 15) is 52.8 Å². The van der Waals surface area contributed by atoms with E-state index in [0.29, 0.717) is 17.8 Å². The Morgan fingerprint density at radius 1 is 0.611 bits per heavy atom. The first-order chi connectivity index (χ1) is 30.5. The van der Waals surface area contributed by atoms with Crippen LogP contribution < -0.4 is 124 Å². The van der Waals surface area contributed by atoms with E-state index in [1.54, 1.807) is 71.9 Å². The maximum absolute atomic E-state index is 11.7. The van der Waals surface area contributed by atoms with Crippen LogP contribution in [0.3, 0.4) is 0 Å². The predicted molar refractivity (Wildman–Crippen MR) is 257 cm³/mol. The van der Waals surface area contributed by atoms with Crippen molar-refractivity contribution in [3.63, 3.8) is 0 Å². The first-order valence-electron chi connectivity index (χ1n) is 19.3. The van der Waals surface area contributed by atoms with Crippen LogP contribution in [0.15, 0.2) is 79.1 Å². The summed E-state index contributed by atoms with van der Waals surface area (Å²) < 4.78 is 135. The number of carbonyl (C=O) groups is 1. The Morgan fingerprint density at radius 2 is 0.903 bits per heavy atom. The number of phenolic OH excluding ortho intramolecular Hbond substituents is 1. The fourth-order valence-corrected chi connectivity index (χ4v) is 4.41. The van der Waals surface area contributed by atoms with Gasteiger partial charge in [-0.15, -0.1) is 23.2 Å². The molecule has 0 unspecified atom stereocenters. The van der Waals surface area contributed by atoms with E-state index in [-0.39, 0.29) is 160 Å². The number of ether oxygens (including phenoxy) is 1. The number of alkyl halides is 8. The van der Waals surface area contributed by atoms with Gasteiger partial charge in [-0.25, -0.2) is 9.59 Å². The van der Waals surface area contributed by atoms with Crippen molar-refractivity contribution < 1.29 is 194 Å². The molecule has 2 aromatic heterocycles. The second-order valence-electron chi connectivity index (χ2n) is 18.2. The second kappa shape index (κ2) is 38.6. The Labute approximate surface area is 515 Å². The van der Waals surface area contributed by atoms with E-state index >= 15 is 0 Å². The fourth-order valence-electron chi connectivity index (χ4n) is 3.12. The Bertz CT molecular complexity index is 2380. The molecule has 0 amide bonds. The number of halogens is 8. The molecule has 0 spiro atoms. The first kappa shape index (κ1) is 85.0. The molecule has 0 fully saturated rings. The van der Waals surface area contributed by atoms with Crippen LogP contribution in [-0.4, -0.2) is 76.3 Å². The van der Waals surface area contributed by atoms with E-state index < -0.39 is 60.9 Å². The van der Waals surface area contributed by atoms with Crippen molar-refractivity contribution in [2.75, 3.05) is 31.8 Å². The summed E-state index contributed by atoms with van der Waals surface area (Å²) in [6.45, 7) is 21.4. The molecule has 0 radical (unpaired) electrons. The van der Waals surface area contributed by atoms with Gasteiger partial charge in [0.1, 0.15) is 22.7 Å². The molecule has 4 aromatic rings. The molecule has 0 bridgehead atoms. The smallest absolute Gasteiger partial charge is 1.00 e. The van der Waals surface area contributed by atoms with Crippen molar-refractivity contribution in [1.29, 1.82) is 0 Å². The van der Waals surface area contributed by atoms with Gasteiger partial charge < -0.3 is 35.4 Å². The monoisotopic (exact) mass is 1180 g/mol. The van der Waals surface area contributed by atoms with Crippen molar-refractivity contribution in [3.8, 4) is 11.5 Å². The number of benzene rings is 2. The number of hydrogen-bond acceptors (Lipinski definition) is 16.